The lowest BCUT2D eigenvalue weighted by Crippen LogP contribution is -2.32. The van der Waals surface area contributed by atoms with E-state index in [2.05, 4.69) is 4.98 Å². The van der Waals surface area contributed by atoms with Gasteiger partial charge in [0.15, 0.2) is 6.61 Å². The fourth-order valence-corrected chi connectivity index (χ4v) is 2.12. The summed E-state index contributed by atoms with van der Waals surface area (Å²) in [5, 5.41) is 8.49. The molecular formula is C16H21N3O5. The van der Waals surface area contributed by atoms with E-state index in [0.717, 1.165) is 0 Å². The first-order valence-electron chi connectivity index (χ1n) is 7.47. The Bertz CT molecular complexity index is 672. The van der Waals surface area contributed by atoms with Gasteiger partial charge in [-0.15, -0.1) is 0 Å². The van der Waals surface area contributed by atoms with Crippen LogP contribution in [0.3, 0.4) is 0 Å². The standard InChI is InChI=1S/C16H21N3O5/c1-5-23-15(21)13-10(2)14(18-11(13)3)16(22)24-9-12(20)19(4)8-6-7-17/h18H,5-6,8-9H2,1-4H3. The molecular weight excluding hydrogens is 314 g/mol. The summed E-state index contributed by atoms with van der Waals surface area (Å²) in [7, 11) is 1.52. The minimum absolute atomic E-state index is 0.114. The Hall–Kier alpha value is -2.82. The number of H-pyrrole nitrogens is 1. The summed E-state index contributed by atoms with van der Waals surface area (Å²) in [4.78, 5) is 39.9. The lowest BCUT2D eigenvalue weighted by atomic mass is 10.1. The number of rotatable bonds is 7. The van der Waals surface area contributed by atoms with E-state index in [-0.39, 0.29) is 25.3 Å². The molecule has 0 aliphatic heterocycles. The third kappa shape index (κ3) is 4.59. The molecule has 0 aromatic carbocycles. The number of nitriles is 1. The highest BCUT2D eigenvalue weighted by atomic mass is 16.5. The van der Waals surface area contributed by atoms with Crippen LogP contribution >= 0.6 is 0 Å². The molecule has 0 bridgehead atoms. The zero-order valence-corrected chi connectivity index (χ0v) is 14.3. The molecule has 0 aliphatic carbocycles. The van der Waals surface area contributed by atoms with Crippen molar-refractivity contribution in [1.82, 2.24) is 9.88 Å². The number of ether oxygens (including phenoxy) is 2. The first kappa shape index (κ1) is 19.2. The highest BCUT2D eigenvalue weighted by Gasteiger charge is 2.24. The molecule has 24 heavy (non-hydrogen) atoms. The van der Waals surface area contributed by atoms with Crippen molar-refractivity contribution in [3.05, 3.63) is 22.5 Å². The van der Waals surface area contributed by atoms with E-state index in [0.29, 0.717) is 16.8 Å². The second-order valence-corrected chi connectivity index (χ2v) is 5.15. The van der Waals surface area contributed by atoms with Crippen LogP contribution in [0.15, 0.2) is 0 Å². The Balaban J connectivity index is 2.76. The van der Waals surface area contributed by atoms with Crippen LogP contribution < -0.4 is 0 Å². The number of aromatic nitrogens is 1. The summed E-state index contributed by atoms with van der Waals surface area (Å²) < 4.78 is 9.94. The topological polar surface area (TPSA) is 112 Å². The van der Waals surface area contributed by atoms with E-state index in [1.807, 2.05) is 6.07 Å². The lowest BCUT2D eigenvalue weighted by molar-refractivity contribution is -0.133. The van der Waals surface area contributed by atoms with Gasteiger partial charge in [0.25, 0.3) is 5.91 Å². The van der Waals surface area contributed by atoms with Gasteiger partial charge >= 0.3 is 11.9 Å². The molecule has 0 fully saturated rings. The van der Waals surface area contributed by atoms with Crippen LogP contribution in [0.1, 0.15) is 45.4 Å². The maximum atomic E-state index is 12.1. The van der Waals surface area contributed by atoms with Gasteiger partial charge in [-0.05, 0) is 26.3 Å². The maximum Gasteiger partial charge on any atom is 0.355 e. The molecule has 0 spiro atoms. The van der Waals surface area contributed by atoms with Crippen LogP contribution in [0, 0.1) is 25.2 Å². The van der Waals surface area contributed by atoms with Gasteiger partial charge in [0.05, 0.1) is 24.7 Å². The maximum absolute atomic E-state index is 12.1. The van der Waals surface area contributed by atoms with Gasteiger partial charge in [-0.1, -0.05) is 0 Å². The zero-order valence-electron chi connectivity index (χ0n) is 14.3. The van der Waals surface area contributed by atoms with Gasteiger partial charge in [0.1, 0.15) is 5.69 Å². The molecule has 0 radical (unpaired) electrons. The third-order valence-electron chi connectivity index (χ3n) is 3.43. The third-order valence-corrected chi connectivity index (χ3v) is 3.43. The number of nitrogens with one attached hydrogen (secondary N) is 1. The molecule has 8 nitrogen and oxygen atoms in total. The van der Waals surface area contributed by atoms with Crippen molar-refractivity contribution in [3.8, 4) is 6.07 Å². The quantitative estimate of drug-likeness (QED) is 0.752. The molecule has 1 aromatic heterocycles. The van der Waals surface area contributed by atoms with Crippen LogP contribution in [0.5, 0.6) is 0 Å². The Morgan fingerprint density at radius 2 is 1.88 bits per heavy atom. The number of carbonyl (C=O) groups excluding carboxylic acids is 3. The second kappa shape index (κ2) is 8.72. The number of hydrogen-bond acceptors (Lipinski definition) is 6. The zero-order chi connectivity index (χ0) is 18.3. The number of likely N-dealkylation sites (N-methyl/N-ethyl adjacent to an activating group) is 1. The molecule has 1 N–H and O–H groups in total. The van der Waals surface area contributed by atoms with E-state index in [1.165, 1.54) is 11.9 Å². The molecule has 0 saturated heterocycles. The predicted molar refractivity (Wildman–Crippen MR) is 84.4 cm³/mol. The normalized spacial score (nSPS) is 9.96. The van der Waals surface area contributed by atoms with E-state index in [9.17, 15) is 14.4 Å². The van der Waals surface area contributed by atoms with Gasteiger partial charge in [0.2, 0.25) is 0 Å². The molecule has 1 aromatic rings. The number of hydrogen-bond donors (Lipinski definition) is 1. The SMILES string of the molecule is CCOC(=O)c1c(C)[nH]c(C(=O)OCC(=O)N(C)CCC#N)c1C. The molecule has 1 heterocycles. The summed E-state index contributed by atoms with van der Waals surface area (Å²) >= 11 is 0. The van der Waals surface area contributed by atoms with Crippen molar-refractivity contribution in [2.75, 3.05) is 26.8 Å². The van der Waals surface area contributed by atoms with Gasteiger partial charge in [-0.25, -0.2) is 9.59 Å². The fourth-order valence-electron chi connectivity index (χ4n) is 2.12. The molecule has 0 saturated carbocycles. The monoisotopic (exact) mass is 335 g/mol. The lowest BCUT2D eigenvalue weighted by Gasteiger charge is -2.15. The number of aromatic amines is 1. The van der Waals surface area contributed by atoms with Crippen LogP contribution in [0.4, 0.5) is 0 Å². The first-order valence-corrected chi connectivity index (χ1v) is 7.47. The summed E-state index contributed by atoms with van der Waals surface area (Å²) in [5.74, 6) is -1.66. The highest BCUT2D eigenvalue weighted by Crippen LogP contribution is 2.19. The Kier molecular flexibility index (Phi) is 6.98. The first-order chi connectivity index (χ1) is 11.3. The van der Waals surface area contributed by atoms with Gasteiger partial charge in [0, 0.05) is 19.3 Å². The minimum Gasteiger partial charge on any atom is -0.462 e. The Morgan fingerprint density at radius 1 is 1.21 bits per heavy atom. The predicted octanol–water partition coefficient (Wildman–Crippen LogP) is 1.34. The van der Waals surface area contributed by atoms with Crippen molar-refractivity contribution >= 4 is 17.8 Å². The summed E-state index contributed by atoms with van der Waals surface area (Å²) in [6.07, 6.45) is 0.202. The summed E-state index contributed by atoms with van der Waals surface area (Å²) in [6, 6.07) is 1.93. The molecule has 8 heteroatoms. The van der Waals surface area contributed by atoms with Crippen LogP contribution in [-0.2, 0) is 14.3 Å². The minimum atomic E-state index is -0.729. The molecule has 0 unspecified atom stereocenters. The average Bonchev–Trinajstić information content (AvgIpc) is 2.84. The second-order valence-electron chi connectivity index (χ2n) is 5.15. The van der Waals surface area contributed by atoms with Crippen molar-refractivity contribution in [2.45, 2.75) is 27.2 Å². The molecule has 0 aliphatic rings. The Morgan fingerprint density at radius 3 is 2.46 bits per heavy atom. The van der Waals surface area contributed by atoms with Crippen molar-refractivity contribution in [3.63, 3.8) is 0 Å². The number of aryl methyl sites for hydroxylation is 1. The van der Waals surface area contributed by atoms with Gasteiger partial charge < -0.3 is 19.4 Å². The van der Waals surface area contributed by atoms with E-state index in [1.54, 1.807) is 20.8 Å². The van der Waals surface area contributed by atoms with Gasteiger partial charge in [-0.3, -0.25) is 4.79 Å². The summed E-state index contributed by atoms with van der Waals surface area (Å²) in [6.45, 7) is 5.00. The Labute approximate surface area is 140 Å². The average molecular weight is 335 g/mol. The summed E-state index contributed by atoms with van der Waals surface area (Å²) in [5.41, 5.74) is 1.32. The number of amides is 1. The van der Waals surface area contributed by atoms with E-state index >= 15 is 0 Å². The van der Waals surface area contributed by atoms with Crippen LogP contribution in [0.2, 0.25) is 0 Å². The largest absolute Gasteiger partial charge is 0.462 e. The highest BCUT2D eigenvalue weighted by molar-refractivity contribution is 5.99. The number of carbonyl (C=O) groups is 3. The van der Waals surface area contributed by atoms with Crippen LogP contribution in [0.25, 0.3) is 0 Å². The van der Waals surface area contributed by atoms with Gasteiger partial charge in [-0.2, -0.15) is 5.26 Å². The van der Waals surface area contributed by atoms with E-state index in [4.69, 9.17) is 14.7 Å². The molecule has 1 rings (SSSR count). The number of nitrogens with zero attached hydrogens (tertiary/aromatic N) is 2. The van der Waals surface area contributed by atoms with Crippen molar-refractivity contribution in [1.29, 1.82) is 5.26 Å². The van der Waals surface area contributed by atoms with Crippen LogP contribution in [-0.4, -0.2) is 54.5 Å². The fraction of sp³-hybridized carbons (Fsp3) is 0.500. The number of esters is 2. The molecule has 0 atom stereocenters. The van der Waals surface area contributed by atoms with E-state index < -0.39 is 24.5 Å². The molecule has 130 valence electrons. The smallest absolute Gasteiger partial charge is 0.355 e. The van der Waals surface area contributed by atoms with Crippen molar-refractivity contribution < 1.29 is 23.9 Å². The molecule has 1 amide bonds. The van der Waals surface area contributed by atoms with Crippen molar-refractivity contribution in [2.24, 2.45) is 0 Å².